The molecule has 148 valence electrons. The number of nitrogens with zero attached hydrogens (tertiary/aromatic N) is 3. The van der Waals surface area contributed by atoms with E-state index < -0.39 is 0 Å². The number of fused-ring (bicyclic) bond motifs is 1. The van der Waals surface area contributed by atoms with Crippen molar-refractivity contribution in [1.29, 1.82) is 0 Å². The highest BCUT2D eigenvalue weighted by molar-refractivity contribution is 7.13. The highest BCUT2D eigenvalue weighted by atomic mass is 32.1. The van der Waals surface area contributed by atoms with Gasteiger partial charge in [0.15, 0.2) is 11.4 Å². The van der Waals surface area contributed by atoms with Gasteiger partial charge in [-0.15, -0.1) is 0 Å². The zero-order valence-corrected chi connectivity index (χ0v) is 16.8. The molecule has 0 spiro atoms. The van der Waals surface area contributed by atoms with Gasteiger partial charge in [0.25, 0.3) is 0 Å². The lowest BCUT2D eigenvalue weighted by Crippen LogP contribution is -2.30. The van der Waals surface area contributed by atoms with E-state index >= 15 is 0 Å². The minimum atomic E-state index is 0.0570. The molecular formula is C23H19N4O2S+. The smallest absolute Gasteiger partial charge is 0.414 e. The number of phenolic OH excluding ortho intramolecular Hbond substituents is 1. The van der Waals surface area contributed by atoms with Crippen LogP contribution in [-0.4, -0.2) is 18.3 Å². The van der Waals surface area contributed by atoms with Crippen molar-refractivity contribution in [1.82, 2.24) is 0 Å². The highest BCUT2D eigenvalue weighted by Crippen LogP contribution is 2.39. The molecule has 4 aromatic rings. The van der Waals surface area contributed by atoms with Crippen LogP contribution in [0.15, 0.2) is 88.4 Å². The maximum Gasteiger partial charge on any atom is 0.414 e. The van der Waals surface area contributed by atoms with Gasteiger partial charge in [-0.3, -0.25) is 0 Å². The van der Waals surface area contributed by atoms with Gasteiger partial charge in [0.2, 0.25) is 0 Å². The SMILES string of the molecule is Oc1cc2c(cc1N=Nc1scc(-c3ccccc3)[n+]1-c1ccccc1)OCCN2. The Hall–Kier alpha value is -3.71. The van der Waals surface area contributed by atoms with Crippen molar-refractivity contribution in [3.05, 3.63) is 78.2 Å². The Balaban J connectivity index is 1.58. The Kier molecular flexibility index (Phi) is 4.86. The zero-order chi connectivity index (χ0) is 20.3. The quantitative estimate of drug-likeness (QED) is 0.336. The lowest BCUT2D eigenvalue weighted by Gasteiger charge is -2.19. The number of ether oxygens (including phenoxy) is 1. The van der Waals surface area contributed by atoms with Gasteiger partial charge in [0.1, 0.15) is 23.8 Å². The van der Waals surface area contributed by atoms with Crippen molar-refractivity contribution in [3.63, 3.8) is 0 Å². The molecule has 5 rings (SSSR count). The molecule has 0 bridgehead atoms. The van der Waals surface area contributed by atoms with Crippen LogP contribution in [0.1, 0.15) is 0 Å². The number of hydrogen-bond donors (Lipinski definition) is 2. The molecule has 0 saturated carbocycles. The van der Waals surface area contributed by atoms with Crippen LogP contribution in [0.2, 0.25) is 0 Å². The number of rotatable bonds is 4. The van der Waals surface area contributed by atoms with Crippen LogP contribution >= 0.6 is 11.3 Å². The lowest BCUT2D eigenvalue weighted by molar-refractivity contribution is -0.565. The molecule has 6 nitrogen and oxygen atoms in total. The van der Waals surface area contributed by atoms with E-state index in [-0.39, 0.29) is 5.75 Å². The van der Waals surface area contributed by atoms with Crippen molar-refractivity contribution >= 4 is 27.8 Å². The fraction of sp³-hybridized carbons (Fsp3) is 0.0870. The first-order valence-electron chi connectivity index (χ1n) is 9.59. The number of para-hydroxylation sites is 1. The summed E-state index contributed by atoms with van der Waals surface area (Å²) in [6.45, 7) is 1.29. The van der Waals surface area contributed by atoms with Crippen LogP contribution in [0.4, 0.5) is 16.5 Å². The second-order valence-electron chi connectivity index (χ2n) is 6.75. The second kappa shape index (κ2) is 7.96. The largest absolute Gasteiger partial charge is 0.505 e. The molecule has 0 atom stereocenters. The number of anilines is 1. The first kappa shape index (κ1) is 18.3. The average Bonchev–Trinajstić information content (AvgIpc) is 3.23. The Morgan fingerprint density at radius 2 is 1.73 bits per heavy atom. The van der Waals surface area contributed by atoms with E-state index in [0.29, 0.717) is 29.7 Å². The van der Waals surface area contributed by atoms with Crippen molar-refractivity contribution in [2.45, 2.75) is 0 Å². The van der Waals surface area contributed by atoms with E-state index in [0.717, 1.165) is 22.6 Å². The van der Waals surface area contributed by atoms with Gasteiger partial charge in [-0.05, 0) is 28.6 Å². The van der Waals surface area contributed by atoms with E-state index in [1.165, 1.54) is 11.3 Å². The van der Waals surface area contributed by atoms with E-state index in [1.54, 1.807) is 12.1 Å². The number of nitrogens with one attached hydrogen (secondary N) is 1. The molecule has 1 aliphatic heterocycles. The minimum absolute atomic E-state index is 0.0570. The van der Waals surface area contributed by atoms with Gasteiger partial charge in [-0.1, -0.05) is 48.5 Å². The molecule has 0 unspecified atom stereocenters. The Labute approximate surface area is 177 Å². The second-order valence-corrected chi connectivity index (χ2v) is 7.59. The summed E-state index contributed by atoms with van der Waals surface area (Å²) in [7, 11) is 0. The van der Waals surface area contributed by atoms with Crippen LogP contribution < -0.4 is 14.6 Å². The van der Waals surface area contributed by atoms with Gasteiger partial charge in [0, 0.05) is 29.6 Å². The maximum atomic E-state index is 10.4. The number of aromatic hydroxyl groups is 1. The fourth-order valence-electron chi connectivity index (χ4n) is 3.36. The summed E-state index contributed by atoms with van der Waals surface area (Å²) in [6, 6.07) is 23.6. The third-order valence-electron chi connectivity index (χ3n) is 4.79. The first-order valence-corrected chi connectivity index (χ1v) is 10.5. The summed E-state index contributed by atoms with van der Waals surface area (Å²) >= 11 is 1.50. The van der Waals surface area contributed by atoms with E-state index in [2.05, 4.69) is 37.6 Å². The van der Waals surface area contributed by atoms with E-state index in [9.17, 15) is 5.11 Å². The minimum Gasteiger partial charge on any atom is -0.505 e. The fourth-order valence-corrected chi connectivity index (χ4v) is 4.21. The molecule has 0 radical (unpaired) electrons. The molecule has 7 heteroatoms. The molecule has 0 fully saturated rings. The molecule has 2 heterocycles. The van der Waals surface area contributed by atoms with Gasteiger partial charge in [-0.25, -0.2) is 0 Å². The number of aromatic nitrogens is 1. The summed E-state index contributed by atoms with van der Waals surface area (Å²) in [5.74, 6) is 0.724. The zero-order valence-electron chi connectivity index (χ0n) is 16.0. The van der Waals surface area contributed by atoms with Gasteiger partial charge in [0.05, 0.1) is 10.8 Å². The third kappa shape index (κ3) is 3.51. The van der Waals surface area contributed by atoms with Crippen LogP contribution in [0.3, 0.4) is 0 Å². The summed E-state index contributed by atoms with van der Waals surface area (Å²) in [5, 5.41) is 25.1. The van der Waals surface area contributed by atoms with Crippen molar-refractivity contribution in [2.75, 3.05) is 18.5 Å². The third-order valence-corrected chi connectivity index (χ3v) is 5.60. The summed E-state index contributed by atoms with van der Waals surface area (Å²) < 4.78 is 7.71. The van der Waals surface area contributed by atoms with Gasteiger partial charge in [-0.2, -0.15) is 4.57 Å². The number of phenols is 1. The molecule has 2 N–H and O–H groups in total. The number of thiazole rings is 1. The Bertz CT molecular complexity index is 1210. The molecule has 1 aromatic heterocycles. The van der Waals surface area contributed by atoms with Gasteiger partial charge >= 0.3 is 5.13 Å². The molecule has 3 aromatic carbocycles. The summed E-state index contributed by atoms with van der Waals surface area (Å²) in [6.07, 6.45) is 0. The predicted octanol–water partition coefficient (Wildman–Crippen LogP) is 5.62. The predicted molar refractivity (Wildman–Crippen MR) is 118 cm³/mol. The van der Waals surface area contributed by atoms with Gasteiger partial charge < -0.3 is 15.2 Å². The molecule has 1 aliphatic rings. The standard InChI is InChI=1S/C23H18N4O2S/c28-21-13-19-22(29-12-11-24-19)14-18(21)25-26-23-27(17-9-5-2-6-10-17)20(15-30-23)16-7-3-1-4-8-16/h1-10,13-15H,11-12H2,(H,24,28)/p+1. The highest BCUT2D eigenvalue weighted by Gasteiger charge is 2.23. The summed E-state index contributed by atoms with van der Waals surface area (Å²) in [5.41, 5.74) is 4.25. The molecule has 0 aliphatic carbocycles. The summed E-state index contributed by atoms with van der Waals surface area (Å²) in [4.78, 5) is 0. The molecular weight excluding hydrogens is 396 g/mol. The molecule has 30 heavy (non-hydrogen) atoms. The van der Waals surface area contributed by atoms with Crippen LogP contribution in [-0.2, 0) is 0 Å². The maximum absolute atomic E-state index is 10.4. The van der Waals surface area contributed by atoms with Crippen LogP contribution in [0.25, 0.3) is 16.9 Å². The Morgan fingerprint density at radius 3 is 2.53 bits per heavy atom. The number of benzene rings is 3. The number of azo groups is 1. The van der Waals surface area contributed by atoms with Crippen molar-refractivity contribution in [3.8, 4) is 28.4 Å². The van der Waals surface area contributed by atoms with Crippen LogP contribution in [0.5, 0.6) is 11.5 Å². The first-order chi connectivity index (χ1) is 14.8. The lowest BCUT2D eigenvalue weighted by atomic mass is 10.1. The Morgan fingerprint density at radius 1 is 0.967 bits per heavy atom. The van der Waals surface area contributed by atoms with Crippen molar-refractivity contribution in [2.24, 2.45) is 10.2 Å². The normalized spacial score (nSPS) is 12.9. The molecule has 0 amide bonds. The van der Waals surface area contributed by atoms with Crippen LogP contribution in [0, 0.1) is 0 Å². The topological polar surface area (TPSA) is 70.1 Å². The monoisotopic (exact) mass is 415 g/mol. The molecule has 0 saturated heterocycles. The van der Waals surface area contributed by atoms with E-state index in [4.69, 9.17) is 4.74 Å². The average molecular weight is 415 g/mol. The number of hydrogen-bond acceptors (Lipinski definition) is 6. The van der Waals surface area contributed by atoms with Crippen molar-refractivity contribution < 1.29 is 14.4 Å². The van der Waals surface area contributed by atoms with E-state index in [1.807, 2.05) is 48.5 Å².